The van der Waals surface area contributed by atoms with Gasteiger partial charge in [0.1, 0.15) is 0 Å². The molecule has 1 N–H and O–H groups in total. The van der Waals surface area contributed by atoms with Gasteiger partial charge in [-0.2, -0.15) is 0 Å². The highest BCUT2D eigenvalue weighted by Gasteiger charge is 2.16. The minimum Gasteiger partial charge on any atom is -0.293 e. The molecule has 0 aliphatic heterocycles. The van der Waals surface area contributed by atoms with Crippen LogP contribution in [0.25, 0.3) is 21.8 Å². The lowest BCUT2D eigenvalue weighted by molar-refractivity contribution is 0.601. The molecule has 0 unspecified atom stereocenters. The number of pyridine rings is 1. The maximum absolute atomic E-state index is 12.7. The van der Waals surface area contributed by atoms with Gasteiger partial charge in [0, 0.05) is 18.1 Å². The van der Waals surface area contributed by atoms with Crippen LogP contribution in [0.3, 0.4) is 0 Å². The number of rotatable bonds is 3. The number of aromatic nitrogens is 3. The third-order valence-electron chi connectivity index (χ3n) is 3.73. The van der Waals surface area contributed by atoms with Crippen molar-refractivity contribution < 1.29 is 8.42 Å². The first-order chi connectivity index (χ1) is 11.8. The fourth-order valence-electron chi connectivity index (χ4n) is 2.47. The molecule has 3 aromatic rings. The molecule has 0 aliphatic carbocycles. The second-order valence-electron chi connectivity index (χ2n) is 5.54. The van der Waals surface area contributed by atoms with Crippen molar-refractivity contribution in [2.75, 3.05) is 6.26 Å². The summed E-state index contributed by atoms with van der Waals surface area (Å²) in [7, 11) is -3.35. The number of benzene rings is 1. The average molecular weight is 354 g/mol. The highest BCUT2D eigenvalue weighted by molar-refractivity contribution is 7.90. The summed E-state index contributed by atoms with van der Waals surface area (Å²) in [5.41, 5.74) is 2.01. The lowest BCUT2D eigenvalue weighted by Crippen LogP contribution is -2.17. The van der Waals surface area contributed by atoms with Crippen LogP contribution in [-0.2, 0) is 9.84 Å². The van der Waals surface area contributed by atoms with Crippen LogP contribution < -0.4 is 5.56 Å². The standard InChI is InChI=1S/C17H14N4O3S/c1-11-16(12-4-6-13(18-2)7-5-12)17(22)21(20-11)15-9-8-14(10-19-15)25(3,23)24/h4-10,20H,1,3H3. The van der Waals surface area contributed by atoms with E-state index in [0.717, 1.165) is 6.26 Å². The van der Waals surface area contributed by atoms with E-state index in [0.29, 0.717) is 28.3 Å². The second kappa shape index (κ2) is 6.03. The zero-order valence-electron chi connectivity index (χ0n) is 13.5. The zero-order valence-corrected chi connectivity index (χ0v) is 14.3. The molecule has 0 saturated carbocycles. The van der Waals surface area contributed by atoms with Gasteiger partial charge in [0.25, 0.3) is 5.56 Å². The summed E-state index contributed by atoms with van der Waals surface area (Å²) < 4.78 is 24.3. The topological polar surface area (TPSA) is 89.2 Å². The van der Waals surface area contributed by atoms with Gasteiger partial charge in [-0.15, -0.1) is 0 Å². The smallest absolute Gasteiger partial charge is 0.280 e. The van der Waals surface area contributed by atoms with E-state index in [2.05, 4.69) is 14.9 Å². The Morgan fingerprint density at radius 2 is 1.84 bits per heavy atom. The summed E-state index contributed by atoms with van der Waals surface area (Å²) in [5, 5.41) is 2.95. The molecule has 0 saturated heterocycles. The van der Waals surface area contributed by atoms with Crippen LogP contribution in [-0.4, -0.2) is 29.4 Å². The third-order valence-corrected chi connectivity index (χ3v) is 4.83. The van der Waals surface area contributed by atoms with Gasteiger partial charge in [0.2, 0.25) is 0 Å². The highest BCUT2D eigenvalue weighted by atomic mass is 32.2. The molecule has 2 heterocycles. The second-order valence-corrected chi connectivity index (χ2v) is 7.55. The molecule has 7 nitrogen and oxygen atoms in total. The number of H-pyrrole nitrogens is 1. The van der Waals surface area contributed by atoms with Crippen LogP contribution in [0, 0.1) is 13.5 Å². The lowest BCUT2D eigenvalue weighted by Gasteiger charge is -2.02. The number of nitrogens with zero attached hydrogens (tertiary/aromatic N) is 3. The van der Waals surface area contributed by atoms with Gasteiger partial charge in [-0.1, -0.05) is 24.3 Å². The Balaban J connectivity index is 2.08. The van der Waals surface area contributed by atoms with Gasteiger partial charge >= 0.3 is 0 Å². The maximum atomic E-state index is 12.7. The Labute approximate surface area is 144 Å². The SMILES string of the molecule is [C-]#[N+]c1ccc(-c2c(C)[nH]n(-c3ccc(S(C)(=O)=O)cn3)c2=O)cc1. The van der Waals surface area contributed by atoms with Gasteiger partial charge in [-0.25, -0.2) is 22.9 Å². The number of sulfone groups is 1. The molecule has 0 aliphatic rings. The Morgan fingerprint density at radius 3 is 2.36 bits per heavy atom. The van der Waals surface area contributed by atoms with E-state index in [-0.39, 0.29) is 10.5 Å². The normalized spacial score (nSPS) is 11.2. The summed E-state index contributed by atoms with van der Waals surface area (Å²) in [6.45, 7) is 8.75. The van der Waals surface area contributed by atoms with Crippen molar-refractivity contribution in [1.82, 2.24) is 14.8 Å². The van der Waals surface area contributed by atoms with Gasteiger partial charge in [0.05, 0.1) is 17.0 Å². The largest absolute Gasteiger partial charge is 0.293 e. The molecule has 8 heteroatoms. The van der Waals surface area contributed by atoms with E-state index < -0.39 is 9.84 Å². The third kappa shape index (κ3) is 3.09. The molecule has 25 heavy (non-hydrogen) atoms. The van der Waals surface area contributed by atoms with Crippen molar-refractivity contribution in [3.63, 3.8) is 0 Å². The van der Waals surface area contributed by atoms with Crippen LogP contribution in [0.1, 0.15) is 5.69 Å². The number of nitrogens with one attached hydrogen (secondary N) is 1. The molecule has 0 bridgehead atoms. The summed E-state index contributed by atoms with van der Waals surface area (Å²) >= 11 is 0. The van der Waals surface area contributed by atoms with E-state index in [9.17, 15) is 13.2 Å². The van der Waals surface area contributed by atoms with Gasteiger partial charge < -0.3 is 0 Å². The zero-order chi connectivity index (χ0) is 18.2. The van der Waals surface area contributed by atoms with Crippen LogP contribution >= 0.6 is 0 Å². The van der Waals surface area contributed by atoms with Crippen LogP contribution in [0.2, 0.25) is 0 Å². The monoisotopic (exact) mass is 354 g/mol. The predicted octanol–water partition coefficient (Wildman–Crippen LogP) is 2.49. The quantitative estimate of drug-likeness (QED) is 0.732. The Bertz CT molecular complexity index is 1130. The van der Waals surface area contributed by atoms with E-state index in [1.165, 1.54) is 23.0 Å². The molecule has 126 valence electrons. The van der Waals surface area contributed by atoms with Crippen molar-refractivity contribution in [2.45, 2.75) is 11.8 Å². The summed E-state index contributed by atoms with van der Waals surface area (Å²) in [6, 6.07) is 9.62. The first kappa shape index (κ1) is 16.7. The molecular formula is C17H14N4O3S. The molecule has 0 fully saturated rings. The number of hydrogen-bond acceptors (Lipinski definition) is 4. The molecule has 0 atom stereocenters. The summed E-state index contributed by atoms with van der Waals surface area (Å²) in [4.78, 5) is 20.2. The fraction of sp³-hybridized carbons (Fsp3) is 0.118. The fourth-order valence-corrected chi connectivity index (χ4v) is 3.03. The minimum atomic E-state index is -3.35. The Morgan fingerprint density at radius 1 is 1.16 bits per heavy atom. The van der Waals surface area contributed by atoms with E-state index in [4.69, 9.17) is 6.57 Å². The molecule has 2 aromatic heterocycles. The first-order valence-electron chi connectivity index (χ1n) is 7.27. The summed E-state index contributed by atoms with van der Waals surface area (Å²) in [5.74, 6) is 0.296. The average Bonchev–Trinajstić information content (AvgIpc) is 2.89. The molecule has 0 amide bonds. The number of aromatic amines is 1. The van der Waals surface area contributed by atoms with Crippen LogP contribution in [0.5, 0.6) is 0 Å². The molecule has 1 aromatic carbocycles. The van der Waals surface area contributed by atoms with E-state index in [1.54, 1.807) is 31.2 Å². The van der Waals surface area contributed by atoms with Crippen LogP contribution in [0.15, 0.2) is 52.3 Å². The van der Waals surface area contributed by atoms with Gasteiger partial charge in [-0.05, 0) is 24.6 Å². The van der Waals surface area contributed by atoms with Crippen molar-refractivity contribution in [1.29, 1.82) is 0 Å². The van der Waals surface area contributed by atoms with Gasteiger partial charge in [0.15, 0.2) is 21.3 Å². The summed E-state index contributed by atoms with van der Waals surface area (Å²) in [6.07, 6.45) is 2.32. The first-order valence-corrected chi connectivity index (χ1v) is 9.16. The van der Waals surface area contributed by atoms with Crippen molar-refractivity contribution in [3.8, 4) is 16.9 Å². The van der Waals surface area contributed by atoms with Crippen molar-refractivity contribution in [3.05, 3.63) is 70.1 Å². The maximum Gasteiger partial charge on any atom is 0.280 e. The van der Waals surface area contributed by atoms with E-state index >= 15 is 0 Å². The molecule has 0 radical (unpaired) electrons. The van der Waals surface area contributed by atoms with Crippen molar-refractivity contribution >= 4 is 15.5 Å². The molecule has 3 rings (SSSR count). The Hall–Kier alpha value is -3.18. The van der Waals surface area contributed by atoms with E-state index in [1.807, 2.05) is 0 Å². The Kier molecular flexibility index (Phi) is 4.02. The minimum absolute atomic E-state index is 0.0857. The number of aryl methyl sites for hydroxylation is 1. The number of hydrogen-bond donors (Lipinski definition) is 1. The molecule has 0 spiro atoms. The van der Waals surface area contributed by atoms with Crippen LogP contribution in [0.4, 0.5) is 5.69 Å². The van der Waals surface area contributed by atoms with Gasteiger partial charge in [-0.3, -0.25) is 9.89 Å². The lowest BCUT2D eigenvalue weighted by atomic mass is 10.1. The highest BCUT2D eigenvalue weighted by Crippen LogP contribution is 2.23. The predicted molar refractivity (Wildman–Crippen MR) is 93.7 cm³/mol. The molecular weight excluding hydrogens is 340 g/mol. The van der Waals surface area contributed by atoms with Crippen molar-refractivity contribution in [2.24, 2.45) is 0 Å².